The van der Waals surface area contributed by atoms with Gasteiger partial charge in [0.25, 0.3) is 0 Å². The Hall–Kier alpha value is -0.800. The summed E-state index contributed by atoms with van der Waals surface area (Å²) in [4.78, 5) is 0. The van der Waals surface area contributed by atoms with E-state index in [1.165, 1.54) is 24.8 Å². The van der Waals surface area contributed by atoms with Crippen LogP contribution < -0.4 is 11.3 Å². The highest BCUT2D eigenvalue weighted by Crippen LogP contribution is 2.38. The quantitative estimate of drug-likeness (QED) is 0.551. The van der Waals surface area contributed by atoms with Crippen molar-refractivity contribution in [2.75, 3.05) is 0 Å². The topological polar surface area (TPSA) is 51.2 Å². The Bertz CT molecular complexity index is 278. The third-order valence-corrected chi connectivity index (χ3v) is 3.03. The van der Waals surface area contributed by atoms with Crippen LogP contribution in [0.2, 0.25) is 0 Å². The molecule has 2 rings (SSSR count). The maximum Gasteiger partial charge on any atom is 0.105 e. The van der Waals surface area contributed by atoms with Crippen molar-refractivity contribution < 1.29 is 4.42 Å². The summed E-state index contributed by atoms with van der Waals surface area (Å²) in [6, 6.07) is 2.30. The highest BCUT2D eigenvalue weighted by Gasteiger charge is 2.29. The number of nitrogens with one attached hydrogen (secondary N) is 1. The van der Waals surface area contributed by atoms with Gasteiger partial charge in [-0.25, -0.2) is 0 Å². The molecule has 0 saturated heterocycles. The van der Waals surface area contributed by atoms with E-state index in [2.05, 4.69) is 5.43 Å². The van der Waals surface area contributed by atoms with Gasteiger partial charge in [-0.2, -0.15) is 0 Å². The predicted molar refractivity (Wildman–Crippen MR) is 50.9 cm³/mol. The van der Waals surface area contributed by atoms with E-state index >= 15 is 0 Å². The van der Waals surface area contributed by atoms with Crippen LogP contribution in [0.4, 0.5) is 0 Å². The molecule has 0 aliphatic heterocycles. The Morgan fingerprint density at radius 2 is 2.38 bits per heavy atom. The van der Waals surface area contributed by atoms with Gasteiger partial charge in [-0.15, -0.1) is 0 Å². The van der Waals surface area contributed by atoms with Crippen molar-refractivity contribution in [1.82, 2.24) is 5.43 Å². The van der Waals surface area contributed by atoms with Gasteiger partial charge in [-0.05, 0) is 31.7 Å². The van der Waals surface area contributed by atoms with Gasteiger partial charge >= 0.3 is 0 Å². The third-order valence-electron chi connectivity index (χ3n) is 3.03. The summed E-state index contributed by atoms with van der Waals surface area (Å²) in [6.45, 7) is 1.98. The van der Waals surface area contributed by atoms with Crippen molar-refractivity contribution in [3.05, 3.63) is 23.7 Å². The van der Waals surface area contributed by atoms with Crippen molar-refractivity contribution in [1.29, 1.82) is 0 Å². The van der Waals surface area contributed by atoms with Crippen molar-refractivity contribution in [3.63, 3.8) is 0 Å². The Kier molecular flexibility index (Phi) is 2.38. The zero-order chi connectivity index (χ0) is 9.26. The average molecular weight is 180 g/mol. The minimum absolute atomic E-state index is 0.285. The Morgan fingerprint density at radius 1 is 1.62 bits per heavy atom. The second-order valence-corrected chi connectivity index (χ2v) is 3.77. The van der Waals surface area contributed by atoms with Gasteiger partial charge in [-0.1, -0.05) is 6.42 Å². The van der Waals surface area contributed by atoms with E-state index in [-0.39, 0.29) is 6.04 Å². The highest BCUT2D eigenvalue weighted by molar-refractivity contribution is 5.21. The molecule has 3 heteroatoms. The molecule has 0 amide bonds. The van der Waals surface area contributed by atoms with Crippen LogP contribution in [0.3, 0.4) is 0 Å². The standard InChI is InChI=1S/C10H16N2O/c1-7-9(5-6-13-7)10(12-11)8-3-2-4-8/h5-6,8,10,12H,2-4,11H2,1H3. The molecule has 72 valence electrons. The van der Waals surface area contributed by atoms with Crippen LogP contribution in [0.25, 0.3) is 0 Å². The Labute approximate surface area is 78.3 Å². The summed E-state index contributed by atoms with van der Waals surface area (Å²) in [5, 5.41) is 0. The van der Waals surface area contributed by atoms with E-state index in [0.29, 0.717) is 5.92 Å². The molecule has 3 nitrogen and oxygen atoms in total. The lowest BCUT2D eigenvalue weighted by atomic mass is 9.77. The fourth-order valence-electron chi connectivity index (χ4n) is 1.97. The summed E-state index contributed by atoms with van der Waals surface area (Å²) in [5.74, 6) is 7.23. The first-order chi connectivity index (χ1) is 6.33. The van der Waals surface area contributed by atoms with Crippen LogP contribution in [-0.2, 0) is 0 Å². The summed E-state index contributed by atoms with van der Waals surface area (Å²) in [5.41, 5.74) is 4.10. The number of rotatable bonds is 3. The molecule has 1 fully saturated rings. The van der Waals surface area contributed by atoms with E-state index in [4.69, 9.17) is 10.3 Å². The van der Waals surface area contributed by atoms with E-state index < -0.39 is 0 Å². The van der Waals surface area contributed by atoms with Crippen LogP contribution in [0, 0.1) is 12.8 Å². The molecule has 1 aromatic heterocycles. The Balaban J connectivity index is 2.16. The predicted octanol–water partition coefficient (Wildman–Crippen LogP) is 1.89. The fourth-order valence-corrected chi connectivity index (χ4v) is 1.97. The summed E-state index contributed by atoms with van der Waals surface area (Å²) < 4.78 is 5.27. The van der Waals surface area contributed by atoms with Gasteiger partial charge < -0.3 is 4.42 Å². The van der Waals surface area contributed by atoms with Crippen LogP contribution in [0.15, 0.2) is 16.7 Å². The lowest BCUT2D eigenvalue weighted by Gasteiger charge is -2.33. The van der Waals surface area contributed by atoms with Crippen LogP contribution >= 0.6 is 0 Å². The molecule has 1 aliphatic rings. The summed E-state index contributed by atoms with van der Waals surface area (Å²) in [7, 11) is 0. The second-order valence-electron chi connectivity index (χ2n) is 3.77. The number of hydrogen-bond acceptors (Lipinski definition) is 3. The van der Waals surface area contributed by atoms with Crippen molar-refractivity contribution >= 4 is 0 Å². The Morgan fingerprint density at radius 3 is 2.77 bits per heavy atom. The molecule has 0 radical (unpaired) electrons. The normalized spacial score (nSPS) is 19.8. The van der Waals surface area contributed by atoms with Crippen molar-refractivity contribution in [3.8, 4) is 0 Å². The molecule has 1 aliphatic carbocycles. The zero-order valence-electron chi connectivity index (χ0n) is 7.92. The first-order valence-electron chi connectivity index (χ1n) is 4.83. The van der Waals surface area contributed by atoms with Gasteiger partial charge in [0, 0.05) is 5.56 Å². The van der Waals surface area contributed by atoms with E-state index in [1.807, 2.05) is 13.0 Å². The first kappa shape index (κ1) is 8.78. The minimum atomic E-state index is 0.285. The smallest absolute Gasteiger partial charge is 0.105 e. The van der Waals surface area contributed by atoms with Crippen molar-refractivity contribution in [2.45, 2.75) is 32.2 Å². The number of hydrogen-bond donors (Lipinski definition) is 2. The number of nitrogens with two attached hydrogens (primary N) is 1. The monoisotopic (exact) mass is 180 g/mol. The van der Waals surface area contributed by atoms with E-state index in [9.17, 15) is 0 Å². The molecule has 0 spiro atoms. The first-order valence-corrected chi connectivity index (χ1v) is 4.83. The molecule has 1 atom stereocenters. The fraction of sp³-hybridized carbons (Fsp3) is 0.600. The molecular formula is C10H16N2O. The number of furan rings is 1. The molecule has 1 unspecified atom stereocenters. The number of aryl methyl sites for hydroxylation is 1. The SMILES string of the molecule is Cc1occc1C(NN)C1CCC1. The summed E-state index contributed by atoms with van der Waals surface area (Å²) >= 11 is 0. The second kappa shape index (κ2) is 3.52. The molecule has 0 bridgehead atoms. The summed E-state index contributed by atoms with van der Waals surface area (Å²) in [6.07, 6.45) is 5.62. The van der Waals surface area contributed by atoms with Gasteiger partial charge in [0.05, 0.1) is 12.3 Å². The molecule has 1 aromatic rings. The van der Waals surface area contributed by atoms with Gasteiger partial charge in [0.2, 0.25) is 0 Å². The van der Waals surface area contributed by atoms with E-state index in [0.717, 1.165) is 5.76 Å². The lowest BCUT2D eigenvalue weighted by Crippen LogP contribution is -2.36. The van der Waals surface area contributed by atoms with E-state index in [1.54, 1.807) is 6.26 Å². The maximum atomic E-state index is 5.55. The van der Waals surface area contributed by atoms with Crippen LogP contribution in [0.5, 0.6) is 0 Å². The van der Waals surface area contributed by atoms with Gasteiger partial charge in [0.1, 0.15) is 5.76 Å². The largest absolute Gasteiger partial charge is 0.469 e. The average Bonchev–Trinajstić information content (AvgIpc) is 2.43. The van der Waals surface area contributed by atoms with Crippen LogP contribution in [0.1, 0.15) is 36.6 Å². The highest BCUT2D eigenvalue weighted by atomic mass is 16.3. The number of hydrazine groups is 1. The van der Waals surface area contributed by atoms with Crippen molar-refractivity contribution in [2.24, 2.45) is 11.8 Å². The molecule has 0 aromatic carbocycles. The lowest BCUT2D eigenvalue weighted by molar-refractivity contribution is 0.230. The molecule has 1 saturated carbocycles. The van der Waals surface area contributed by atoms with Gasteiger partial charge in [-0.3, -0.25) is 11.3 Å². The molecule has 3 N–H and O–H groups in total. The van der Waals surface area contributed by atoms with Crippen LogP contribution in [-0.4, -0.2) is 0 Å². The molecule has 1 heterocycles. The maximum absolute atomic E-state index is 5.55. The zero-order valence-corrected chi connectivity index (χ0v) is 7.92. The van der Waals surface area contributed by atoms with Gasteiger partial charge in [0.15, 0.2) is 0 Å². The molecular weight excluding hydrogens is 164 g/mol. The third kappa shape index (κ3) is 1.49. The minimum Gasteiger partial charge on any atom is -0.469 e. The molecule has 13 heavy (non-hydrogen) atoms.